The summed E-state index contributed by atoms with van der Waals surface area (Å²) in [5.74, 6) is -0.291. The zero-order valence-corrected chi connectivity index (χ0v) is 13.1. The lowest BCUT2D eigenvalue weighted by atomic mass is 9.86. The predicted octanol–water partition coefficient (Wildman–Crippen LogP) is 4.18. The van der Waals surface area contributed by atoms with Crippen LogP contribution in [0.5, 0.6) is 0 Å². The lowest BCUT2D eigenvalue weighted by Crippen LogP contribution is -2.40. The van der Waals surface area contributed by atoms with Gasteiger partial charge in [0.05, 0.1) is 0 Å². The number of carbonyl (C=O) groups is 1. The van der Waals surface area contributed by atoms with Crippen LogP contribution in [0.3, 0.4) is 0 Å². The average molecular weight is 323 g/mol. The van der Waals surface area contributed by atoms with Crippen LogP contribution >= 0.6 is 23.2 Å². The van der Waals surface area contributed by atoms with E-state index < -0.39 is 11.0 Å². The van der Waals surface area contributed by atoms with E-state index in [2.05, 4.69) is 0 Å². The second-order valence-electron chi connectivity index (χ2n) is 5.00. The fourth-order valence-electron chi connectivity index (χ4n) is 2.23. The summed E-state index contributed by atoms with van der Waals surface area (Å²) in [7, 11) is 0. The molecule has 2 rings (SSSR count). The minimum atomic E-state index is -1.44. The van der Waals surface area contributed by atoms with Crippen LogP contribution in [0.2, 0.25) is 5.02 Å². The Morgan fingerprint density at radius 3 is 2.29 bits per heavy atom. The van der Waals surface area contributed by atoms with Gasteiger partial charge in [0.1, 0.15) is 11.0 Å². The van der Waals surface area contributed by atoms with E-state index in [1.54, 1.807) is 36.4 Å². The number of hydrogen-bond donors (Lipinski definition) is 1. The lowest BCUT2D eigenvalue weighted by Gasteiger charge is -2.30. The monoisotopic (exact) mass is 322 g/mol. The van der Waals surface area contributed by atoms with Crippen molar-refractivity contribution in [3.8, 4) is 0 Å². The number of ketones is 1. The van der Waals surface area contributed by atoms with Crippen molar-refractivity contribution in [3.63, 3.8) is 0 Å². The Labute approximate surface area is 134 Å². The number of halogens is 2. The van der Waals surface area contributed by atoms with Crippen LogP contribution in [0.1, 0.15) is 24.2 Å². The van der Waals surface area contributed by atoms with Crippen LogP contribution in [0, 0.1) is 0 Å². The highest BCUT2D eigenvalue weighted by molar-refractivity contribution is 6.36. The van der Waals surface area contributed by atoms with Crippen molar-refractivity contribution in [2.75, 3.05) is 0 Å². The third-order valence-corrected chi connectivity index (χ3v) is 4.51. The van der Waals surface area contributed by atoms with Gasteiger partial charge in [-0.1, -0.05) is 60.1 Å². The molecule has 0 bridgehead atoms. The molecule has 0 radical (unpaired) electrons. The first kappa shape index (κ1) is 16.0. The summed E-state index contributed by atoms with van der Waals surface area (Å²) in [5.41, 5.74) is 1.34. The van der Waals surface area contributed by atoms with Crippen molar-refractivity contribution in [1.29, 1.82) is 0 Å². The molecule has 2 aromatic rings. The largest absolute Gasteiger partial charge is 0.386 e. The molecular weight excluding hydrogens is 307 g/mol. The summed E-state index contributed by atoms with van der Waals surface area (Å²) in [6.45, 7) is 1.38. The Hall–Kier alpha value is -1.35. The van der Waals surface area contributed by atoms with Crippen LogP contribution < -0.4 is 0 Å². The quantitative estimate of drug-likeness (QED) is 0.838. The fourth-order valence-corrected chi connectivity index (χ4v) is 2.70. The summed E-state index contributed by atoms with van der Waals surface area (Å²) in [6, 6.07) is 16.1. The molecule has 21 heavy (non-hydrogen) atoms. The highest BCUT2D eigenvalue weighted by Crippen LogP contribution is 2.37. The van der Waals surface area contributed by atoms with Gasteiger partial charge in [-0.3, -0.25) is 4.79 Å². The smallest absolute Gasteiger partial charge is 0.154 e. The van der Waals surface area contributed by atoms with Crippen molar-refractivity contribution >= 4 is 29.0 Å². The molecule has 0 aliphatic carbocycles. The molecule has 110 valence electrons. The first-order valence-electron chi connectivity index (χ1n) is 6.61. The second kappa shape index (κ2) is 6.61. The van der Waals surface area contributed by atoms with Gasteiger partial charge in [0.15, 0.2) is 5.78 Å². The third kappa shape index (κ3) is 3.46. The molecule has 0 saturated heterocycles. The maximum absolute atomic E-state index is 12.1. The van der Waals surface area contributed by atoms with E-state index in [0.29, 0.717) is 10.6 Å². The Bertz CT molecular complexity index is 628. The molecule has 2 unspecified atom stereocenters. The topological polar surface area (TPSA) is 37.3 Å². The average Bonchev–Trinajstić information content (AvgIpc) is 2.49. The number of aliphatic hydroxyl groups excluding tert-OH is 1. The molecule has 0 amide bonds. The highest BCUT2D eigenvalue weighted by atomic mass is 35.5. The summed E-state index contributed by atoms with van der Waals surface area (Å²) in [4.78, 5) is 10.6. The summed E-state index contributed by atoms with van der Waals surface area (Å²) < 4.78 is 0. The maximum Gasteiger partial charge on any atom is 0.154 e. The van der Waals surface area contributed by atoms with Crippen LogP contribution in [-0.4, -0.2) is 15.8 Å². The first-order valence-corrected chi connectivity index (χ1v) is 7.37. The summed E-state index contributed by atoms with van der Waals surface area (Å²) in [6.07, 6.45) is -0.936. The molecule has 0 aromatic heterocycles. The van der Waals surface area contributed by atoms with Gasteiger partial charge in [-0.05, 0) is 24.1 Å². The van der Waals surface area contributed by atoms with Crippen molar-refractivity contribution in [2.24, 2.45) is 0 Å². The van der Waals surface area contributed by atoms with Crippen LogP contribution in [0.4, 0.5) is 0 Å². The molecule has 0 spiro atoms. The zero-order chi connectivity index (χ0) is 15.5. The molecule has 0 fully saturated rings. The number of hydrogen-bond acceptors (Lipinski definition) is 2. The van der Waals surface area contributed by atoms with E-state index in [-0.39, 0.29) is 12.2 Å². The first-order chi connectivity index (χ1) is 9.95. The number of Topliss-reactive ketones (excluding diaryl/α,β-unsaturated/α-hetero) is 1. The Morgan fingerprint density at radius 2 is 1.71 bits per heavy atom. The van der Waals surface area contributed by atoms with E-state index in [0.717, 1.165) is 5.56 Å². The van der Waals surface area contributed by atoms with E-state index in [1.807, 2.05) is 18.2 Å². The molecule has 2 atom stereocenters. The van der Waals surface area contributed by atoms with E-state index in [9.17, 15) is 9.90 Å². The minimum absolute atomic E-state index is 0.166. The molecule has 0 aliphatic rings. The molecule has 0 saturated carbocycles. The molecule has 4 heteroatoms. The number of benzene rings is 2. The Kier molecular flexibility index (Phi) is 5.04. The molecule has 0 heterocycles. The van der Waals surface area contributed by atoms with E-state index >= 15 is 0 Å². The maximum atomic E-state index is 12.1. The molecule has 1 N–H and O–H groups in total. The normalized spacial score (nSPS) is 15.2. The number of aliphatic hydroxyl groups is 1. The summed E-state index contributed by atoms with van der Waals surface area (Å²) in [5, 5.41) is 11.1. The standard InChI is InChI=1S/C17H16Cl2O2/c1-12(20)17(19,11-14-9-5-6-10-15(14)18)16(21)13-7-3-2-4-8-13/h2-10,16,21H,11H2,1H3. The van der Waals surface area contributed by atoms with Crippen LogP contribution in [-0.2, 0) is 11.2 Å². The number of carbonyl (C=O) groups excluding carboxylic acids is 1. The zero-order valence-electron chi connectivity index (χ0n) is 11.6. The molecule has 2 aromatic carbocycles. The van der Waals surface area contributed by atoms with Crippen molar-refractivity contribution in [1.82, 2.24) is 0 Å². The van der Waals surface area contributed by atoms with E-state index in [4.69, 9.17) is 23.2 Å². The van der Waals surface area contributed by atoms with Gasteiger partial charge in [-0.25, -0.2) is 0 Å². The fraction of sp³-hybridized carbons (Fsp3) is 0.235. The van der Waals surface area contributed by atoms with Gasteiger partial charge in [-0.15, -0.1) is 11.6 Å². The second-order valence-corrected chi connectivity index (χ2v) is 6.08. The van der Waals surface area contributed by atoms with Crippen LogP contribution in [0.25, 0.3) is 0 Å². The Balaban J connectivity index is 2.37. The van der Waals surface area contributed by atoms with Crippen LogP contribution in [0.15, 0.2) is 54.6 Å². The third-order valence-electron chi connectivity index (χ3n) is 3.54. The highest BCUT2D eigenvalue weighted by Gasteiger charge is 2.42. The van der Waals surface area contributed by atoms with Gasteiger partial charge in [0.2, 0.25) is 0 Å². The summed E-state index contributed by atoms with van der Waals surface area (Å²) >= 11 is 12.6. The Morgan fingerprint density at radius 1 is 1.14 bits per heavy atom. The number of alkyl halides is 1. The molecule has 2 nitrogen and oxygen atoms in total. The lowest BCUT2D eigenvalue weighted by molar-refractivity contribution is -0.122. The van der Waals surface area contributed by atoms with Crippen molar-refractivity contribution in [2.45, 2.75) is 24.3 Å². The van der Waals surface area contributed by atoms with Crippen molar-refractivity contribution in [3.05, 3.63) is 70.7 Å². The van der Waals surface area contributed by atoms with E-state index in [1.165, 1.54) is 6.92 Å². The van der Waals surface area contributed by atoms with Gasteiger partial charge < -0.3 is 5.11 Å². The van der Waals surface area contributed by atoms with Gasteiger partial charge >= 0.3 is 0 Å². The molecule has 0 aliphatic heterocycles. The molecular formula is C17H16Cl2O2. The SMILES string of the molecule is CC(=O)C(Cl)(Cc1ccccc1Cl)C(O)c1ccccc1. The predicted molar refractivity (Wildman–Crippen MR) is 85.8 cm³/mol. The van der Waals surface area contributed by atoms with Gasteiger partial charge in [0, 0.05) is 11.4 Å². The van der Waals surface area contributed by atoms with Gasteiger partial charge in [-0.2, -0.15) is 0 Å². The van der Waals surface area contributed by atoms with Gasteiger partial charge in [0.25, 0.3) is 0 Å². The minimum Gasteiger partial charge on any atom is -0.386 e. The van der Waals surface area contributed by atoms with Crippen molar-refractivity contribution < 1.29 is 9.90 Å². The number of rotatable bonds is 5.